The summed E-state index contributed by atoms with van der Waals surface area (Å²) < 4.78 is 42.2. The van der Waals surface area contributed by atoms with Crippen LogP contribution in [0.4, 0.5) is 5.69 Å². The molecule has 2 heterocycles. The Morgan fingerprint density at radius 2 is 1.74 bits per heavy atom. The Balaban J connectivity index is 1.28. The molecular formula is C23H20N4O6S. The molecule has 0 aliphatic heterocycles. The van der Waals surface area contributed by atoms with Crippen molar-refractivity contribution >= 4 is 32.7 Å². The molecule has 2 N–H and O–H groups in total. The van der Waals surface area contributed by atoms with Crippen molar-refractivity contribution in [2.24, 2.45) is 0 Å². The normalized spacial score (nSPS) is 11.8. The largest absolute Gasteiger partial charge is 0.506 e. The van der Waals surface area contributed by atoms with Crippen LogP contribution in [0.5, 0.6) is 11.5 Å². The SMILES string of the molecule is C=CC(=O)OCCOc1ccc(S(=O)(=O)Nc2ccc3c(c2)n2n(-c4ccccc4O)n32)cc1. The molecule has 0 atom stereocenters. The number of hydrogen-bond donors (Lipinski definition) is 2. The fourth-order valence-corrected chi connectivity index (χ4v) is 4.58. The van der Waals surface area contributed by atoms with Gasteiger partial charge in [0.05, 0.1) is 10.6 Å². The summed E-state index contributed by atoms with van der Waals surface area (Å²) in [5.74, 6) is 0.0542. The predicted octanol–water partition coefficient (Wildman–Crippen LogP) is 3.03. The number of aromatic hydroxyl groups is 1. The van der Waals surface area contributed by atoms with Crippen LogP contribution in [0.25, 0.3) is 16.7 Å². The van der Waals surface area contributed by atoms with Crippen molar-refractivity contribution in [1.29, 1.82) is 0 Å². The van der Waals surface area contributed by atoms with Gasteiger partial charge in [-0.05, 0) is 54.6 Å². The summed E-state index contributed by atoms with van der Waals surface area (Å²) in [5, 5.41) is 10.1. The Bertz CT molecular complexity index is 1590. The lowest BCUT2D eigenvalue weighted by Gasteiger charge is -2.10. The Morgan fingerprint density at radius 1 is 1.00 bits per heavy atom. The summed E-state index contributed by atoms with van der Waals surface area (Å²) in [6.07, 6.45) is 1.06. The van der Waals surface area contributed by atoms with E-state index in [2.05, 4.69) is 11.3 Å². The lowest BCUT2D eigenvalue weighted by Crippen LogP contribution is -2.13. The van der Waals surface area contributed by atoms with Crippen molar-refractivity contribution in [2.45, 2.75) is 4.90 Å². The van der Waals surface area contributed by atoms with Gasteiger partial charge in [-0.3, -0.25) is 4.72 Å². The van der Waals surface area contributed by atoms with E-state index in [1.165, 1.54) is 24.3 Å². The minimum absolute atomic E-state index is 0.0561. The number of aromatic nitrogens is 3. The van der Waals surface area contributed by atoms with E-state index < -0.39 is 16.0 Å². The number of esters is 1. The fourth-order valence-electron chi connectivity index (χ4n) is 3.53. The third-order valence-electron chi connectivity index (χ3n) is 5.16. The minimum Gasteiger partial charge on any atom is -0.506 e. The van der Waals surface area contributed by atoms with Crippen molar-refractivity contribution in [3.05, 3.63) is 79.4 Å². The van der Waals surface area contributed by atoms with Gasteiger partial charge in [-0.15, -0.1) is 14.1 Å². The second-order valence-electron chi connectivity index (χ2n) is 7.36. The van der Waals surface area contributed by atoms with Crippen LogP contribution in [-0.2, 0) is 19.6 Å². The summed E-state index contributed by atoms with van der Waals surface area (Å²) >= 11 is 0. The number of hydrogen-bond acceptors (Lipinski definition) is 6. The molecule has 0 aliphatic rings. The van der Waals surface area contributed by atoms with Gasteiger partial charge in [0, 0.05) is 6.08 Å². The summed E-state index contributed by atoms with van der Waals surface area (Å²) in [5.41, 5.74) is 2.74. The monoisotopic (exact) mass is 480 g/mol. The molecule has 3 aromatic carbocycles. The van der Waals surface area contributed by atoms with E-state index in [0.29, 0.717) is 17.1 Å². The van der Waals surface area contributed by atoms with Crippen LogP contribution >= 0.6 is 0 Å². The van der Waals surface area contributed by atoms with E-state index in [1.807, 2.05) is 15.3 Å². The van der Waals surface area contributed by atoms with E-state index >= 15 is 0 Å². The molecule has 0 saturated carbocycles. The third-order valence-corrected chi connectivity index (χ3v) is 6.56. The first kappa shape index (κ1) is 21.5. The molecular weight excluding hydrogens is 460 g/mol. The van der Waals surface area contributed by atoms with Crippen LogP contribution in [0, 0.1) is 0 Å². The van der Waals surface area contributed by atoms with Crippen LogP contribution < -0.4 is 9.46 Å². The highest BCUT2D eigenvalue weighted by Gasteiger charge is 2.26. The molecule has 11 heteroatoms. The molecule has 0 fully saturated rings. The van der Waals surface area contributed by atoms with Crippen LogP contribution in [0.3, 0.4) is 0 Å². The summed E-state index contributed by atoms with van der Waals surface area (Å²) in [7, 11) is -3.82. The van der Waals surface area contributed by atoms with Crippen molar-refractivity contribution < 1.29 is 27.8 Å². The van der Waals surface area contributed by atoms with Gasteiger partial charge in [0.25, 0.3) is 10.0 Å². The van der Waals surface area contributed by atoms with E-state index in [9.17, 15) is 18.3 Å². The average Bonchev–Trinajstić information content (AvgIpc) is 3.49. The van der Waals surface area contributed by atoms with Crippen LogP contribution in [0.1, 0.15) is 0 Å². The highest BCUT2D eigenvalue weighted by Crippen LogP contribution is 2.32. The number of phenolic OH excluding ortho intramolecular Hbond substituents is 1. The zero-order valence-corrected chi connectivity index (χ0v) is 18.6. The molecule has 0 amide bonds. The van der Waals surface area contributed by atoms with Crippen LogP contribution in [-0.4, -0.2) is 46.8 Å². The van der Waals surface area contributed by atoms with E-state index in [-0.39, 0.29) is 23.9 Å². The number of carbonyl (C=O) groups excluding carboxylic acids is 1. The molecule has 0 unspecified atom stereocenters. The maximum absolute atomic E-state index is 12.8. The van der Waals surface area contributed by atoms with E-state index in [1.54, 1.807) is 41.2 Å². The zero-order chi connectivity index (χ0) is 23.9. The number of benzene rings is 3. The topological polar surface area (TPSA) is 116 Å². The summed E-state index contributed by atoms with van der Waals surface area (Å²) in [6.45, 7) is 3.49. The van der Waals surface area contributed by atoms with Gasteiger partial charge in [0.1, 0.15) is 41.4 Å². The third kappa shape index (κ3) is 3.82. The smallest absolute Gasteiger partial charge is 0.330 e. The molecule has 5 aromatic rings. The second-order valence-corrected chi connectivity index (χ2v) is 9.04. The molecule has 0 aliphatic carbocycles. The Labute approximate surface area is 194 Å². The van der Waals surface area contributed by atoms with Crippen LogP contribution in [0.15, 0.2) is 84.3 Å². The molecule has 174 valence electrons. The van der Waals surface area contributed by atoms with Gasteiger partial charge in [-0.25, -0.2) is 13.2 Å². The van der Waals surface area contributed by atoms with Gasteiger partial charge >= 0.3 is 5.97 Å². The van der Waals surface area contributed by atoms with Gasteiger partial charge < -0.3 is 14.6 Å². The molecule has 0 saturated heterocycles. The molecule has 5 rings (SSSR count). The van der Waals surface area contributed by atoms with Gasteiger partial charge in [-0.1, -0.05) is 18.7 Å². The first-order valence-electron chi connectivity index (χ1n) is 10.3. The van der Waals surface area contributed by atoms with Crippen molar-refractivity contribution in [3.8, 4) is 17.2 Å². The summed E-state index contributed by atoms with van der Waals surface area (Å²) in [4.78, 5) is 12.9. The number of carbonyl (C=O) groups is 1. The number of rotatable bonds is 9. The molecule has 0 bridgehead atoms. The number of nitrogens with zero attached hydrogens (tertiary/aromatic N) is 3. The van der Waals surface area contributed by atoms with Crippen molar-refractivity contribution in [3.63, 3.8) is 0 Å². The molecule has 2 aromatic heterocycles. The Morgan fingerprint density at radius 3 is 2.47 bits per heavy atom. The molecule has 0 radical (unpaired) electrons. The lowest BCUT2D eigenvalue weighted by molar-refractivity contribution is -0.138. The standard InChI is InChI=1S/C23H20N4O6S/c1-2-23(29)33-14-13-32-17-8-10-18(11-9-17)34(30,31)24-16-7-12-19-21(15-16)27-25(19)26(27)20-5-3-4-6-22(20)28/h2-12,15,24,28H,1,13-14H2. The maximum Gasteiger partial charge on any atom is 0.330 e. The number of sulfonamides is 1. The average molecular weight is 481 g/mol. The van der Waals surface area contributed by atoms with Crippen molar-refractivity contribution in [1.82, 2.24) is 14.1 Å². The van der Waals surface area contributed by atoms with Crippen LogP contribution in [0.2, 0.25) is 0 Å². The number of fused-ring (bicyclic) bond motifs is 4. The fraction of sp³-hybridized carbons (Fsp3) is 0.0870. The number of para-hydroxylation sites is 2. The zero-order valence-electron chi connectivity index (χ0n) is 17.8. The number of phenols is 1. The van der Waals surface area contributed by atoms with E-state index in [4.69, 9.17) is 9.47 Å². The minimum atomic E-state index is -3.82. The summed E-state index contributed by atoms with van der Waals surface area (Å²) in [6, 6.07) is 18.1. The highest BCUT2D eigenvalue weighted by atomic mass is 32.2. The van der Waals surface area contributed by atoms with Gasteiger partial charge in [-0.2, -0.15) is 0 Å². The second kappa shape index (κ2) is 8.19. The number of anilines is 1. The van der Waals surface area contributed by atoms with Crippen molar-refractivity contribution in [2.75, 3.05) is 17.9 Å². The molecule has 34 heavy (non-hydrogen) atoms. The quantitative estimate of drug-likeness (QED) is 0.190. The van der Waals surface area contributed by atoms with Gasteiger partial charge in [0.15, 0.2) is 0 Å². The first-order chi connectivity index (χ1) is 16.4. The Hall–Kier alpha value is -4.38. The first-order valence-corrected chi connectivity index (χ1v) is 11.7. The molecule has 0 spiro atoms. The number of nitrogens with one attached hydrogen (secondary N) is 1. The molecule has 10 nitrogen and oxygen atoms in total. The number of ether oxygens (including phenoxy) is 2. The van der Waals surface area contributed by atoms with E-state index in [0.717, 1.165) is 17.1 Å². The lowest BCUT2D eigenvalue weighted by atomic mass is 10.3. The van der Waals surface area contributed by atoms with Gasteiger partial charge in [0.2, 0.25) is 0 Å². The Kier molecular flexibility index (Phi) is 5.17. The maximum atomic E-state index is 12.8. The highest BCUT2D eigenvalue weighted by molar-refractivity contribution is 7.92. The predicted molar refractivity (Wildman–Crippen MR) is 124 cm³/mol.